The van der Waals surface area contributed by atoms with E-state index in [1.54, 1.807) is 11.7 Å². The monoisotopic (exact) mass is 295 g/mol. The Morgan fingerprint density at radius 2 is 2.05 bits per heavy atom. The molecule has 1 amide bonds. The highest BCUT2D eigenvalue weighted by atomic mass is 16.2. The predicted molar refractivity (Wildman–Crippen MR) is 86.3 cm³/mol. The smallest absolute Gasteiger partial charge is 0.271 e. The molecule has 1 aromatic heterocycles. The molecule has 6 heteroatoms. The second-order valence-corrected chi connectivity index (χ2v) is 6.25. The van der Waals surface area contributed by atoms with Gasteiger partial charge in [0.05, 0.1) is 11.4 Å². The zero-order valence-corrected chi connectivity index (χ0v) is 14.1. The first-order valence-corrected chi connectivity index (χ1v) is 7.53. The van der Waals surface area contributed by atoms with Gasteiger partial charge in [-0.15, -0.1) is 0 Å². The summed E-state index contributed by atoms with van der Waals surface area (Å²) in [6, 6.07) is 0.104. The number of hydrogen-bond acceptors (Lipinski definition) is 4. The summed E-state index contributed by atoms with van der Waals surface area (Å²) in [6.07, 6.45) is 1.66. The summed E-state index contributed by atoms with van der Waals surface area (Å²) < 4.78 is 1.57. The van der Waals surface area contributed by atoms with E-state index in [1.165, 1.54) is 0 Å². The Bertz CT molecular complexity index is 469. The topological polar surface area (TPSA) is 76.2 Å². The van der Waals surface area contributed by atoms with Crippen LogP contribution in [0.4, 0.5) is 5.69 Å². The third-order valence-electron chi connectivity index (χ3n) is 3.39. The molecule has 0 saturated carbocycles. The van der Waals surface area contributed by atoms with Gasteiger partial charge >= 0.3 is 0 Å². The molecule has 0 aliphatic heterocycles. The zero-order chi connectivity index (χ0) is 16.2. The molecule has 1 rings (SSSR count). The second-order valence-electron chi connectivity index (χ2n) is 6.25. The minimum atomic E-state index is -0.144. The molecule has 0 radical (unpaired) electrons. The van der Waals surface area contributed by atoms with E-state index in [0.29, 0.717) is 17.3 Å². The number of aromatic nitrogens is 2. The number of anilines is 1. The van der Waals surface area contributed by atoms with Crippen molar-refractivity contribution in [3.63, 3.8) is 0 Å². The Hall–Kier alpha value is -1.56. The van der Waals surface area contributed by atoms with Crippen molar-refractivity contribution in [1.82, 2.24) is 20.0 Å². The van der Waals surface area contributed by atoms with Gasteiger partial charge in [-0.05, 0) is 32.9 Å². The van der Waals surface area contributed by atoms with E-state index in [0.717, 1.165) is 25.1 Å². The van der Waals surface area contributed by atoms with Crippen LogP contribution in [0.1, 0.15) is 43.4 Å². The van der Waals surface area contributed by atoms with Crippen LogP contribution in [0.25, 0.3) is 0 Å². The van der Waals surface area contributed by atoms with Crippen molar-refractivity contribution in [2.75, 3.05) is 26.4 Å². The summed E-state index contributed by atoms with van der Waals surface area (Å²) in [6.45, 7) is 7.10. The Balaban J connectivity index is 2.88. The Morgan fingerprint density at radius 3 is 2.48 bits per heavy atom. The van der Waals surface area contributed by atoms with E-state index in [-0.39, 0.29) is 11.9 Å². The van der Waals surface area contributed by atoms with Crippen molar-refractivity contribution >= 4 is 11.6 Å². The van der Waals surface area contributed by atoms with E-state index in [4.69, 9.17) is 5.73 Å². The fourth-order valence-electron chi connectivity index (χ4n) is 2.57. The third-order valence-corrected chi connectivity index (χ3v) is 3.39. The fraction of sp³-hybridized carbons (Fsp3) is 0.733. The SMILES string of the molecule is CCc1nn(C)c(C(=O)NC(CC(C)C)CN(C)C)c1N. The van der Waals surface area contributed by atoms with Gasteiger partial charge < -0.3 is 16.0 Å². The predicted octanol–water partition coefficient (Wildman–Crippen LogP) is 1.27. The summed E-state index contributed by atoms with van der Waals surface area (Å²) in [4.78, 5) is 14.6. The molecular formula is C15H29N5O. The molecule has 1 atom stereocenters. The highest BCUT2D eigenvalue weighted by Gasteiger charge is 2.22. The van der Waals surface area contributed by atoms with Crippen LogP contribution < -0.4 is 11.1 Å². The van der Waals surface area contributed by atoms with Crippen molar-refractivity contribution in [2.24, 2.45) is 13.0 Å². The number of aryl methyl sites for hydroxylation is 2. The number of nitrogens with two attached hydrogens (primary N) is 1. The van der Waals surface area contributed by atoms with Gasteiger partial charge in [0.15, 0.2) is 0 Å². The molecule has 3 N–H and O–H groups in total. The molecule has 1 heterocycles. The van der Waals surface area contributed by atoms with Crippen LogP contribution in [0.15, 0.2) is 0 Å². The second kappa shape index (κ2) is 7.45. The van der Waals surface area contributed by atoms with Crippen LogP contribution in [0, 0.1) is 5.92 Å². The summed E-state index contributed by atoms with van der Waals surface area (Å²) in [5.41, 5.74) is 7.76. The van der Waals surface area contributed by atoms with E-state index in [9.17, 15) is 4.79 Å². The zero-order valence-electron chi connectivity index (χ0n) is 14.1. The highest BCUT2D eigenvalue weighted by molar-refractivity contribution is 5.98. The maximum atomic E-state index is 12.5. The van der Waals surface area contributed by atoms with Crippen LogP contribution in [-0.2, 0) is 13.5 Å². The van der Waals surface area contributed by atoms with E-state index in [2.05, 4.69) is 29.2 Å². The number of likely N-dealkylation sites (N-methyl/N-ethyl adjacent to an activating group) is 1. The largest absolute Gasteiger partial charge is 0.395 e. The lowest BCUT2D eigenvalue weighted by Crippen LogP contribution is -2.43. The van der Waals surface area contributed by atoms with Crippen molar-refractivity contribution in [3.8, 4) is 0 Å². The molecule has 1 aromatic rings. The Labute approximate surface area is 127 Å². The number of rotatable bonds is 7. The Kier molecular flexibility index (Phi) is 6.20. The standard InChI is InChI=1S/C15H29N5O/c1-7-12-13(16)14(20(6)18-12)15(21)17-11(8-10(2)3)9-19(4)5/h10-11H,7-9,16H2,1-6H3,(H,17,21). The summed E-state index contributed by atoms with van der Waals surface area (Å²) in [7, 11) is 5.77. The van der Waals surface area contributed by atoms with Crippen molar-refractivity contribution < 1.29 is 4.79 Å². The molecule has 1 unspecified atom stereocenters. The summed E-state index contributed by atoms with van der Waals surface area (Å²) in [5.74, 6) is 0.375. The Morgan fingerprint density at radius 1 is 1.43 bits per heavy atom. The lowest BCUT2D eigenvalue weighted by atomic mass is 10.0. The molecule has 120 valence electrons. The highest BCUT2D eigenvalue weighted by Crippen LogP contribution is 2.17. The van der Waals surface area contributed by atoms with Crippen LogP contribution >= 0.6 is 0 Å². The van der Waals surface area contributed by atoms with E-state index < -0.39 is 0 Å². The van der Waals surface area contributed by atoms with Crippen molar-refractivity contribution in [3.05, 3.63) is 11.4 Å². The summed E-state index contributed by atoms with van der Waals surface area (Å²) >= 11 is 0. The normalized spacial score (nSPS) is 13.0. The number of carbonyl (C=O) groups is 1. The van der Waals surface area contributed by atoms with E-state index >= 15 is 0 Å². The van der Waals surface area contributed by atoms with Crippen LogP contribution in [-0.4, -0.2) is 47.3 Å². The van der Waals surface area contributed by atoms with Gasteiger partial charge in [-0.1, -0.05) is 20.8 Å². The van der Waals surface area contributed by atoms with Gasteiger partial charge in [0.1, 0.15) is 5.69 Å². The number of amides is 1. The minimum absolute atomic E-state index is 0.104. The van der Waals surface area contributed by atoms with Gasteiger partial charge in [0, 0.05) is 19.6 Å². The molecule has 0 aliphatic rings. The van der Waals surface area contributed by atoms with Gasteiger partial charge in [-0.3, -0.25) is 9.48 Å². The molecule has 0 aliphatic carbocycles. The van der Waals surface area contributed by atoms with Gasteiger partial charge in [0.2, 0.25) is 0 Å². The maximum absolute atomic E-state index is 12.5. The first-order valence-electron chi connectivity index (χ1n) is 7.53. The molecule has 0 fully saturated rings. The number of nitrogens with one attached hydrogen (secondary N) is 1. The number of nitrogens with zero attached hydrogens (tertiary/aromatic N) is 3. The van der Waals surface area contributed by atoms with Gasteiger partial charge in [-0.2, -0.15) is 5.10 Å². The van der Waals surface area contributed by atoms with Crippen molar-refractivity contribution in [2.45, 2.75) is 39.7 Å². The average molecular weight is 295 g/mol. The first-order chi connectivity index (χ1) is 9.76. The molecule has 0 spiro atoms. The number of carbonyl (C=O) groups excluding carboxylic acids is 1. The fourth-order valence-corrected chi connectivity index (χ4v) is 2.57. The summed E-state index contributed by atoms with van der Waals surface area (Å²) in [5, 5.41) is 7.39. The third kappa shape index (κ3) is 4.74. The molecule has 21 heavy (non-hydrogen) atoms. The number of hydrogen-bond donors (Lipinski definition) is 2. The van der Waals surface area contributed by atoms with Gasteiger partial charge in [0.25, 0.3) is 5.91 Å². The molecule has 0 saturated heterocycles. The molecule has 0 bridgehead atoms. The molecular weight excluding hydrogens is 266 g/mol. The minimum Gasteiger partial charge on any atom is -0.395 e. The maximum Gasteiger partial charge on any atom is 0.271 e. The number of nitrogen functional groups attached to an aromatic ring is 1. The van der Waals surface area contributed by atoms with Crippen molar-refractivity contribution in [1.29, 1.82) is 0 Å². The van der Waals surface area contributed by atoms with Crippen LogP contribution in [0.5, 0.6) is 0 Å². The lowest BCUT2D eigenvalue weighted by Gasteiger charge is -2.24. The van der Waals surface area contributed by atoms with Gasteiger partial charge in [-0.25, -0.2) is 0 Å². The quantitative estimate of drug-likeness (QED) is 0.794. The van der Waals surface area contributed by atoms with Crippen LogP contribution in [0.3, 0.4) is 0 Å². The van der Waals surface area contributed by atoms with E-state index in [1.807, 2.05) is 21.0 Å². The van der Waals surface area contributed by atoms with Crippen LogP contribution in [0.2, 0.25) is 0 Å². The molecule has 0 aromatic carbocycles. The average Bonchev–Trinajstić information content (AvgIpc) is 2.62. The lowest BCUT2D eigenvalue weighted by molar-refractivity contribution is 0.0916. The molecule has 6 nitrogen and oxygen atoms in total. The first kappa shape index (κ1) is 17.5.